The van der Waals surface area contributed by atoms with Crippen LogP contribution >= 0.6 is 0 Å². The summed E-state index contributed by atoms with van der Waals surface area (Å²) in [6.07, 6.45) is 1.52. The van der Waals surface area contributed by atoms with Crippen LogP contribution in [0, 0.1) is 6.92 Å². The molecule has 0 aliphatic carbocycles. The SMILES string of the molecule is CCn1ccc(=O)n(Cc2cc(C)nn2C)c1=O. The molecule has 0 unspecified atom stereocenters. The molecule has 0 amide bonds. The molecule has 0 radical (unpaired) electrons. The first-order valence-corrected chi connectivity index (χ1v) is 5.82. The van der Waals surface area contributed by atoms with E-state index in [0.29, 0.717) is 6.54 Å². The maximum atomic E-state index is 12.0. The lowest BCUT2D eigenvalue weighted by molar-refractivity contribution is 0.575. The maximum absolute atomic E-state index is 12.0. The van der Waals surface area contributed by atoms with Crippen molar-refractivity contribution in [3.63, 3.8) is 0 Å². The molecule has 6 nitrogen and oxygen atoms in total. The van der Waals surface area contributed by atoms with E-state index in [1.54, 1.807) is 11.7 Å². The molecule has 0 saturated heterocycles. The summed E-state index contributed by atoms with van der Waals surface area (Å²) in [5.41, 5.74) is 1.13. The Morgan fingerprint density at radius 1 is 1.33 bits per heavy atom. The van der Waals surface area contributed by atoms with Gasteiger partial charge in [-0.25, -0.2) is 4.79 Å². The summed E-state index contributed by atoms with van der Waals surface area (Å²) in [6.45, 7) is 4.53. The Bertz CT molecular complexity index is 678. The molecule has 0 spiro atoms. The van der Waals surface area contributed by atoms with Gasteiger partial charge in [0.1, 0.15) is 0 Å². The zero-order valence-corrected chi connectivity index (χ0v) is 10.8. The maximum Gasteiger partial charge on any atom is 0.331 e. The average Bonchev–Trinajstić information content (AvgIpc) is 2.63. The van der Waals surface area contributed by atoms with E-state index in [1.165, 1.54) is 21.4 Å². The topological polar surface area (TPSA) is 61.8 Å². The van der Waals surface area contributed by atoms with E-state index in [-0.39, 0.29) is 17.8 Å². The van der Waals surface area contributed by atoms with E-state index in [9.17, 15) is 9.59 Å². The van der Waals surface area contributed by atoms with Crippen LogP contribution in [0.4, 0.5) is 0 Å². The van der Waals surface area contributed by atoms with Crippen LogP contribution in [0.25, 0.3) is 0 Å². The Morgan fingerprint density at radius 2 is 2.06 bits per heavy atom. The van der Waals surface area contributed by atoms with Crippen molar-refractivity contribution in [2.45, 2.75) is 26.9 Å². The third-order valence-corrected chi connectivity index (χ3v) is 2.90. The molecular weight excluding hydrogens is 232 g/mol. The number of hydrogen-bond donors (Lipinski definition) is 0. The Labute approximate surface area is 104 Å². The number of aromatic nitrogens is 4. The van der Waals surface area contributed by atoms with Crippen molar-refractivity contribution in [1.29, 1.82) is 0 Å². The first-order valence-electron chi connectivity index (χ1n) is 5.82. The van der Waals surface area contributed by atoms with Gasteiger partial charge in [0.25, 0.3) is 5.56 Å². The summed E-state index contributed by atoms with van der Waals surface area (Å²) in [6, 6.07) is 3.28. The molecule has 0 aliphatic heterocycles. The Balaban J connectivity index is 2.49. The largest absolute Gasteiger partial charge is 0.331 e. The van der Waals surface area contributed by atoms with E-state index < -0.39 is 0 Å². The molecular formula is C12H16N4O2. The third kappa shape index (κ3) is 2.13. The van der Waals surface area contributed by atoms with Gasteiger partial charge in [-0.1, -0.05) is 0 Å². The highest BCUT2D eigenvalue weighted by molar-refractivity contribution is 5.09. The van der Waals surface area contributed by atoms with Gasteiger partial charge < -0.3 is 4.57 Å². The first-order chi connectivity index (χ1) is 8.52. The minimum absolute atomic E-state index is 0.246. The summed E-state index contributed by atoms with van der Waals surface area (Å²) in [5, 5.41) is 4.20. The van der Waals surface area contributed by atoms with Gasteiger partial charge in [-0.05, 0) is 19.9 Å². The fraction of sp³-hybridized carbons (Fsp3) is 0.417. The van der Waals surface area contributed by atoms with E-state index >= 15 is 0 Å². The van der Waals surface area contributed by atoms with Crippen LogP contribution in [-0.2, 0) is 20.1 Å². The lowest BCUT2D eigenvalue weighted by Crippen LogP contribution is -2.39. The van der Waals surface area contributed by atoms with Gasteiger partial charge in [0.15, 0.2) is 0 Å². The van der Waals surface area contributed by atoms with Gasteiger partial charge >= 0.3 is 5.69 Å². The molecule has 0 aromatic carbocycles. The number of nitrogens with zero attached hydrogens (tertiary/aromatic N) is 4. The predicted molar refractivity (Wildman–Crippen MR) is 67.7 cm³/mol. The molecule has 2 heterocycles. The van der Waals surface area contributed by atoms with E-state index in [4.69, 9.17) is 0 Å². The third-order valence-electron chi connectivity index (χ3n) is 2.90. The molecule has 18 heavy (non-hydrogen) atoms. The molecule has 0 fully saturated rings. The van der Waals surface area contributed by atoms with Crippen LogP contribution in [0.1, 0.15) is 18.3 Å². The minimum Gasteiger partial charge on any atom is -0.301 e. The van der Waals surface area contributed by atoms with Gasteiger partial charge in [-0.3, -0.25) is 14.0 Å². The van der Waals surface area contributed by atoms with Crippen molar-refractivity contribution < 1.29 is 0 Å². The molecule has 0 aliphatic rings. The Hall–Kier alpha value is -2.11. The summed E-state index contributed by atoms with van der Waals surface area (Å²) in [5.74, 6) is 0. The second-order valence-corrected chi connectivity index (χ2v) is 4.21. The highest BCUT2D eigenvalue weighted by atomic mass is 16.2. The fourth-order valence-electron chi connectivity index (χ4n) is 1.92. The summed E-state index contributed by atoms with van der Waals surface area (Å²) in [7, 11) is 1.80. The van der Waals surface area contributed by atoms with Crippen LogP contribution in [0.3, 0.4) is 0 Å². The second kappa shape index (κ2) is 4.64. The van der Waals surface area contributed by atoms with Crippen molar-refractivity contribution in [3.8, 4) is 0 Å². The molecule has 2 rings (SSSR count). The van der Waals surface area contributed by atoms with Crippen LogP contribution < -0.4 is 11.2 Å². The summed E-state index contributed by atoms with van der Waals surface area (Å²) >= 11 is 0. The molecule has 6 heteroatoms. The Kier molecular flexibility index (Phi) is 3.18. The second-order valence-electron chi connectivity index (χ2n) is 4.21. The zero-order valence-electron chi connectivity index (χ0n) is 10.8. The Morgan fingerprint density at radius 3 is 2.61 bits per heavy atom. The molecule has 0 N–H and O–H groups in total. The molecule has 2 aromatic rings. The number of aryl methyl sites for hydroxylation is 3. The number of hydrogen-bond acceptors (Lipinski definition) is 3. The quantitative estimate of drug-likeness (QED) is 0.775. The zero-order chi connectivity index (χ0) is 13.3. The van der Waals surface area contributed by atoms with Gasteiger partial charge in [0, 0.05) is 25.9 Å². The smallest absolute Gasteiger partial charge is 0.301 e. The van der Waals surface area contributed by atoms with Crippen LogP contribution in [0.15, 0.2) is 27.9 Å². The molecule has 0 bridgehead atoms. The van der Waals surface area contributed by atoms with Crippen LogP contribution in [0.2, 0.25) is 0 Å². The van der Waals surface area contributed by atoms with Gasteiger partial charge in [-0.2, -0.15) is 5.10 Å². The molecule has 2 aromatic heterocycles. The highest BCUT2D eigenvalue weighted by Gasteiger charge is 2.08. The van der Waals surface area contributed by atoms with E-state index in [1.807, 2.05) is 19.9 Å². The molecule has 0 saturated carbocycles. The summed E-state index contributed by atoms with van der Waals surface area (Å²) < 4.78 is 4.41. The normalized spacial score (nSPS) is 10.8. The average molecular weight is 248 g/mol. The van der Waals surface area contributed by atoms with Crippen molar-refractivity contribution in [1.82, 2.24) is 18.9 Å². The predicted octanol–water partition coefficient (Wildman–Crippen LogP) is 0.120. The monoisotopic (exact) mass is 248 g/mol. The fourth-order valence-corrected chi connectivity index (χ4v) is 1.92. The minimum atomic E-state index is -0.288. The highest BCUT2D eigenvalue weighted by Crippen LogP contribution is 2.01. The van der Waals surface area contributed by atoms with Gasteiger partial charge in [0.2, 0.25) is 0 Å². The van der Waals surface area contributed by atoms with E-state index in [2.05, 4.69) is 5.10 Å². The van der Waals surface area contributed by atoms with Gasteiger partial charge in [-0.15, -0.1) is 0 Å². The number of rotatable bonds is 3. The van der Waals surface area contributed by atoms with Crippen molar-refractivity contribution in [3.05, 3.63) is 50.6 Å². The van der Waals surface area contributed by atoms with Gasteiger partial charge in [0.05, 0.1) is 17.9 Å². The van der Waals surface area contributed by atoms with Crippen molar-refractivity contribution in [2.75, 3.05) is 0 Å². The van der Waals surface area contributed by atoms with Crippen molar-refractivity contribution >= 4 is 0 Å². The standard InChI is InChI=1S/C12H16N4O2/c1-4-15-6-5-11(17)16(12(15)18)8-10-7-9(2)13-14(10)3/h5-7H,4,8H2,1-3H3. The van der Waals surface area contributed by atoms with E-state index in [0.717, 1.165) is 11.4 Å². The van der Waals surface area contributed by atoms with Crippen LogP contribution in [-0.4, -0.2) is 18.9 Å². The lowest BCUT2D eigenvalue weighted by Gasteiger charge is -2.08. The van der Waals surface area contributed by atoms with Crippen LogP contribution in [0.5, 0.6) is 0 Å². The first kappa shape index (κ1) is 12.3. The lowest BCUT2D eigenvalue weighted by atomic mass is 10.3. The summed E-state index contributed by atoms with van der Waals surface area (Å²) in [4.78, 5) is 23.8. The molecule has 96 valence electrons. The molecule has 0 atom stereocenters. The van der Waals surface area contributed by atoms with Crippen molar-refractivity contribution in [2.24, 2.45) is 7.05 Å².